The Kier molecular flexibility index (Phi) is 8.48. The molecule has 0 aliphatic carbocycles. The Morgan fingerprint density at radius 2 is 2.03 bits per heavy atom. The van der Waals surface area contributed by atoms with E-state index in [0.717, 1.165) is 5.56 Å². The molecule has 2 heterocycles. The number of imide groups is 1. The third-order valence-electron chi connectivity index (χ3n) is 6.62. The lowest BCUT2D eigenvalue weighted by molar-refractivity contribution is -0.142. The molecular formula is C23H33N4O7P. The van der Waals surface area contributed by atoms with Crippen molar-refractivity contribution in [1.82, 2.24) is 15.3 Å². The minimum absolute atomic E-state index is 0.110. The summed E-state index contributed by atoms with van der Waals surface area (Å²) in [4.78, 5) is 38.5. The van der Waals surface area contributed by atoms with E-state index >= 15 is 0 Å². The number of esters is 1. The van der Waals surface area contributed by atoms with Gasteiger partial charge in [0.05, 0.1) is 31.2 Å². The normalized spacial score (nSPS) is 26.5. The second-order valence-electron chi connectivity index (χ2n) is 9.27. The summed E-state index contributed by atoms with van der Waals surface area (Å²) in [6.45, 7) is 5.22. The first-order valence-electron chi connectivity index (χ1n) is 11.5. The number of carbonyl (C=O) groups is 3. The maximum atomic E-state index is 13.2. The van der Waals surface area contributed by atoms with Crippen LogP contribution in [-0.4, -0.2) is 66.9 Å². The summed E-state index contributed by atoms with van der Waals surface area (Å²) in [5.41, 5.74) is 0.0389. The number of nitrogens with zero attached hydrogens (tertiary/aromatic N) is 1. The van der Waals surface area contributed by atoms with Crippen LogP contribution >= 0.6 is 7.52 Å². The Morgan fingerprint density at radius 3 is 2.66 bits per heavy atom. The van der Waals surface area contributed by atoms with Crippen molar-refractivity contribution in [2.45, 2.75) is 64.4 Å². The minimum Gasteiger partial charge on any atom is -0.468 e. The van der Waals surface area contributed by atoms with E-state index in [9.17, 15) is 18.9 Å². The van der Waals surface area contributed by atoms with Crippen molar-refractivity contribution in [1.29, 1.82) is 5.41 Å². The van der Waals surface area contributed by atoms with Crippen LogP contribution in [0.2, 0.25) is 0 Å². The SMILES string of the molecule is COC(=O)C(Cc1ccccc1)NP(=O)(C=N)OCC1CCC(N2C(=O)NC(=O)C(C)(C)C2C)O1. The zero-order valence-electron chi connectivity index (χ0n) is 20.4. The lowest BCUT2D eigenvalue weighted by atomic mass is 9.81. The molecule has 11 nitrogen and oxygen atoms in total. The number of urea groups is 1. The predicted octanol–water partition coefficient (Wildman–Crippen LogP) is 2.65. The van der Waals surface area contributed by atoms with Gasteiger partial charge in [0.15, 0.2) is 0 Å². The molecule has 5 atom stereocenters. The third-order valence-corrected chi connectivity index (χ3v) is 8.17. The van der Waals surface area contributed by atoms with Crippen LogP contribution in [0.25, 0.3) is 0 Å². The summed E-state index contributed by atoms with van der Waals surface area (Å²) < 4.78 is 29.6. The van der Waals surface area contributed by atoms with E-state index in [0.29, 0.717) is 18.8 Å². The van der Waals surface area contributed by atoms with Gasteiger partial charge in [0.2, 0.25) is 5.91 Å². The average molecular weight is 509 g/mol. The van der Waals surface area contributed by atoms with Gasteiger partial charge < -0.3 is 19.4 Å². The summed E-state index contributed by atoms with van der Waals surface area (Å²) in [6, 6.07) is 7.26. The average Bonchev–Trinajstić information content (AvgIpc) is 3.30. The molecule has 2 fully saturated rings. The number of benzene rings is 1. The summed E-state index contributed by atoms with van der Waals surface area (Å²) in [5, 5.41) is 12.7. The summed E-state index contributed by atoms with van der Waals surface area (Å²) >= 11 is 0. The molecule has 5 unspecified atom stereocenters. The van der Waals surface area contributed by atoms with Gasteiger partial charge in [0.1, 0.15) is 12.3 Å². The van der Waals surface area contributed by atoms with Crippen LogP contribution in [0.15, 0.2) is 30.3 Å². The van der Waals surface area contributed by atoms with Gasteiger partial charge in [0.25, 0.3) is 0 Å². The molecule has 0 spiro atoms. The van der Waals surface area contributed by atoms with Gasteiger partial charge in [-0.1, -0.05) is 30.3 Å². The highest BCUT2D eigenvalue weighted by molar-refractivity contribution is 7.72. The Bertz CT molecular complexity index is 1000. The van der Waals surface area contributed by atoms with E-state index < -0.39 is 43.3 Å². The van der Waals surface area contributed by atoms with Gasteiger partial charge in [-0.15, -0.1) is 0 Å². The van der Waals surface area contributed by atoms with E-state index in [1.807, 2.05) is 30.3 Å². The maximum absolute atomic E-state index is 13.2. The molecule has 35 heavy (non-hydrogen) atoms. The zero-order valence-corrected chi connectivity index (χ0v) is 21.2. The van der Waals surface area contributed by atoms with Crippen molar-refractivity contribution < 1.29 is 32.9 Å². The maximum Gasteiger partial charge on any atom is 0.326 e. The van der Waals surface area contributed by atoms with Gasteiger partial charge >= 0.3 is 19.5 Å². The topological polar surface area (TPSA) is 147 Å². The predicted molar refractivity (Wildman–Crippen MR) is 128 cm³/mol. The van der Waals surface area contributed by atoms with Crippen LogP contribution in [0.1, 0.15) is 39.2 Å². The molecule has 0 bridgehead atoms. The lowest BCUT2D eigenvalue weighted by Crippen LogP contribution is -2.65. The summed E-state index contributed by atoms with van der Waals surface area (Å²) in [6.07, 6.45) is 0.184. The minimum atomic E-state index is -3.84. The van der Waals surface area contributed by atoms with E-state index in [4.69, 9.17) is 19.4 Å². The molecule has 3 amide bonds. The van der Waals surface area contributed by atoms with Crippen molar-refractivity contribution >= 4 is 31.4 Å². The van der Waals surface area contributed by atoms with Crippen molar-refractivity contribution in [3.63, 3.8) is 0 Å². The fourth-order valence-corrected chi connectivity index (χ4v) is 5.37. The largest absolute Gasteiger partial charge is 0.468 e. The fourth-order valence-electron chi connectivity index (χ4n) is 4.13. The van der Waals surface area contributed by atoms with E-state index in [1.54, 1.807) is 20.8 Å². The molecule has 3 N–H and O–H groups in total. The van der Waals surface area contributed by atoms with Crippen molar-refractivity contribution in [2.24, 2.45) is 5.41 Å². The molecular weight excluding hydrogens is 475 g/mol. The highest BCUT2D eigenvalue weighted by atomic mass is 31.2. The zero-order chi connectivity index (χ0) is 25.8. The molecule has 3 rings (SSSR count). The molecule has 2 saturated heterocycles. The van der Waals surface area contributed by atoms with Crippen molar-refractivity contribution in [2.75, 3.05) is 13.7 Å². The molecule has 2 aliphatic rings. The summed E-state index contributed by atoms with van der Waals surface area (Å²) in [7, 11) is -2.61. The van der Waals surface area contributed by atoms with Crippen LogP contribution < -0.4 is 10.4 Å². The Hall–Kier alpha value is -2.59. The number of rotatable bonds is 10. The van der Waals surface area contributed by atoms with E-state index in [2.05, 4.69) is 10.4 Å². The number of methoxy groups -OCH3 is 1. The van der Waals surface area contributed by atoms with E-state index in [1.165, 1.54) is 12.0 Å². The molecule has 0 aromatic heterocycles. The van der Waals surface area contributed by atoms with Gasteiger partial charge in [-0.25, -0.2) is 9.88 Å². The van der Waals surface area contributed by atoms with Crippen LogP contribution in [-0.2, 0) is 34.6 Å². The third kappa shape index (κ3) is 6.16. The smallest absolute Gasteiger partial charge is 0.326 e. The van der Waals surface area contributed by atoms with Crippen LogP contribution in [0.5, 0.6) is 0 Å². The first-order chi connectivity index (χ1) is 16.5. The van der Waals surface area contributed by atoms with Gasteiger partial charge in [0, 0.05) is 6.04 Å². The number of hydrogen-bond acceptors (Lipinski definition) is 8. The fraction of sp³-hybridized carbons (Fsp3) is 0.565. The summed E-state index contributed by atoms with van der Waals surface area (Å²) in [5.74, 6) is -0.300. The van der Waals surface area contributed by atoms with Gasteiger partial charge in [-0.2, -0.15) is 0 Å². The second kappa shape index (κ2) is 11.0. The number of amides is 3. The molecule has 12 heteroatoms. The Morgan fingerprint density at radius 1 is 1.34 bits per heavy atom. The number of hydrogen-bond donors (Lipinski definition) is 3. The first kappa shape index (κ1) is 27.0. The van der Waals surface area contributed by atoms with Crippen LogP contribution in [0, 0.1) is 10.8 Å². The van der Waals surface area contributed by atoms with Crippen molar-refractivity contribution in [3.05, 3.63) is 35.9 Å². The standard InChI is InChI=1S/C23H33N4O7P/c1-15-23(2,3)21(29)25-22(30)27(15)19-11-10-17(34-19)13-33-35(31,14-24)26-18(20(28)32-4)12-16-8-6-5-7-9-16/h5-9,14-15,17-19,24H,10-13H2,1-4H3,(H,26,31)(H,25,29,30). The highest BCUT2D eigenvalue weighted by Crippen LogP contribution is 2.41. The van der Waals surface area contributed by atoms with Gasteiger partial charge in [-0.05, 0) is 45.6 Å². The number of nitrogens with one attached hydrogen (secondary N) is 3. The van der Waals surface area contributed by atoms with E-state index in [-0.39, 0.29) is 25.0 Å². The lowest BCUT2D eigenvalue weighted by Gasteiger charge is -2.45. The first-order valence-corrected chi connectivity index (χ1v) is 13.1. The van der Waals surface area contributed by atoms with Crippen molar-refractivity contribution in [3.8, 4) is 0 Å². The molecule has 1 aromatic rings. The molecule has 0 radical (unpaired) electrons. The molecule has 1 aromatic carbocycles. The Labute approximate surface area is 204 Å². The molecule has 192 valence electrons. The van der Waals surface area contributed by atoms with Gasteiger partial charge in [-0.3, -0.25) is 24.4 Å². The van der Waals surface area contributed by atoms with Crippen LogP contribution in [0.3, 0.4) is 0 Å². The Balaban J connectivity index is 1.61. The quantitative estimate of drug-likeness (QED) is 0.248. The molecule has 0 saturated carbocycles. The monoisotopic (exact) mass is 508 g/mol. The van der Waals surface area contributed by atoms with Crippen LogP contribution in [0.4, 0.5) is 4.79 Å². The number of carbonyl (C=O) groups excluding carboxylic acids is 3. The number of ether oxygens (including phenoxy) is 2. The second-order valence-corrected chi connectivity index (χ2v) is 11.2. The molecule has 2 aliphatic heterocycles. The highest BCUT2D eigenvalue weighted by Gasteiger charge is 2.49.